The number of likely N-dealkylation sites (tertiary alicyclic amines) is 1. The van der Waals surface area contributed by atoms with Crippen molar-refractivity contribution in [3.8, 4) is 0 Å². The van der Waals surface area contributed by atoms with Crippen LogP contribution in [0.2, 0.25) is 0 Å². The number of amides is 3. The third-order valence-corrected chi connectivity index (χ3v) is 6.37. The Morgan fingerprint density at radius 1 is 1.21 bits per heavy atom. The van der Waals surface area contributed by atoms with Gasteiger partial charge < -0.3 is 25.5 Å². The van der Waals surface area contributed by atoms with Crippen molar-refractivity contribution < 1.29 is 18.5 Å². The van der Waals surface area contributed by atoms with Gasteiger partial charge in [-0.25, -0.2) is 9.18 Å². The number of fused-ring (bicyclic) bond motifs is 2. The molecular weight excluding hydrogens is 425 g/mol. The fourth-order valence-corrected chi connectivity index (χ4v) is 4.71. The molecule has 33 heavy (non-hydrogen) atoms. The minimum absolute atomic E-state index is 0.108. The van der Waals surface area contributed by atoms with E-state index < -0.39 is 12.1 Å². The van der Waals surface area contributed by atoms with Crippen molar-refractivity contribution in [1.29, 1.82) is 0 Å². The molecule has 0 spiro atoms. The number of benzene rings is 2. The number of aromatic amines is 1. The summed E-state index contributed by atoms with van der Waals surface area (Å²) in [5, 5.41) is 8.59. The van der Waals surface area contributed by atoms with E-state index in [1.54, 1.807) is 11.0 Å². The SMILES string of the molecule is NC(=O)N[C@@H](Cc1c[nH]c2ccccc12)C(=O)N1CCC(c2noc3cc(F)ccc23)CC1. The lowest BCUT2D eigenvalue weighted by Crippen LogP contribution is -2.52. The molecule has 1 aliphatic rings. The largest absolute Gasteiger partial charge is 0.361 e. The fourth-order valence-electron chi connectivity index (χ4n) is 4.71. The van der Waals surface area contributed by atoms with Crippen molar-refractivity contribution in [2.75, 3.05) is 13.1 Å². The molecule has 9 heteroatoms. The van der Waals surface area contributed by atoms with Crippen molar-refractivity contribution in [1.82, 2.24) is 20.4 Å². The Bertz CT molecular complexity index is 1320. The zero-order chi connectivity index (χ0) is 22.9. The van der Waals surface area contributed by atoms with Crippen LogP contribution in [0, 0.1) is 5.82 Å². The molecule has 170 valence electrons. The number of aromatic nitrogens is 2. The average Bonchev–Trinajstić information content (AvgIpc) is 3.42. The molecule has 4 N–H and O–H groups in total. The second-order valence-corrected chi connectivity index (χ2v) is 8.43. The summed E-state index contributed by atoms with van der Waals surface area (Å²) in [6.45, 7) is 1.04. The van der Waals surface area contributed by atoms with E-state index in [0.717, 1.165) is 27.5 Å². The molecule has 1 atom stereocenters. The molecule has 4 aromatic rings. The van der Waals surface area contributed by atoms with Gasteiger partial charge in [-0.05, 0) is 36.6 Å². The molecule has 2 aromatic carbocycles. The molecule has 0 radical (unpaired) electrons. The van der Waals surface area contributed by atoms with Gasteiger partial charge in [0.2, 0.25) is 5.91 Å². The van der Waals surface area contributed by atoms with Crippen LogP contribution in [0.4, 0.5) is 9.18 Å². The van der Waals surface area contributed by atoms with Crippen LogP contribution in [0.25, 0.3) is 21.9 Å². The molecule has 5 rings (SSSR count). The molecule has 1 aliphatic heterocycles. The molecule has 3 amide bonds. The Balaban J connectivity index is 1.29. The number of nitrogens with one attached hydrogen (secondary N) is 2. The van der Waals surface area contributed by atoms with E-state index in [0.29, 0.717) is 37.9 Å². The van der Waals surface area contributed by atoms with Crippen LogP contribution in [0.5, 0.6) is 0 Å². The summed E-state index contributed by atoms with van der Waals surface area (Å²) in [7, 11) is 0. The number of H-pyrrole nitrogens is 1. The lowest BCUT2D eigenvalue weighted by Gasteiger charge is -2.33. The maximum absolute atomic E-state index is 13.4. The van der Waals surface area contributed by atoms with Crippen molar-refractivity contribution in [3.63, 3.8) is 0 Å². The highest BCUT2D eigenvalue weighted by Crippen LogP contribution is 2.33. The summed E-state index contributed by atoms with van der Waals surface area (Å²) in [5.41, 5.74) is 8.51. The maximum atomic E-state index is 13.4. The summed E-state index contributed by atoms with van der Waals surface area (Å²) < 4.78 is 18.7. The van der Waals surface area contributed by atoms with Crippen LogP contribution in [-0.2, 0) is 11.2 Å². The predicted octanol–water partition coefficient (Wildman–Crippen LogP) is 3.43. The van der Waals surface area contributed by atoms with Gasteiger partial charge >= 0.3 is 6.03 Å². The number of urea groups is 1. The molecule has 0 unspecified atom stereocenters. The Hall–Kier alpha value is -3.88. The molecule has 1 saturated heterocycles. The number of hydrogen-bond acceptors (Lipinski definition) is 4. The standard InChI is InChI=1S/C24H24FN5O3/c25-16-5-6-18-21(12-16)33-29-22(18)14-7-9-30(10-8-14)23(31)20(28-24(26)32)11-15-13-27-19-4-2-1-3-17(15)19/h1-6,12-14,20,27H,7-11H2,(H3,26,28,32)/t20-/m0/s1. The first-order valence-electron chi connectivity index (χ1n) is 10.9. The van der Waals surface area contributed by atoms with E-state index in [-0.39, 0.29) is 17.6 Å². The number of halogens is 1. The zero-order valence-corrected chi connectivity index (χ0v) is 17.9. The van der Waals surface area contributed by atoms with Gasteiger partial charge in [-0.3, -0.25) is 4.79 Å². The molecule has 0 bridgehead atoms. The van der Waals surface area contributed by atoms with E-state index in [1.807, 2.05) is 30.5 Å². The number of carbonyl (C=O) groups is 2. The van der Waals surface area contributed by atoms with E-state index in [9.17, 15) is 14.0 Å². The van der Waals surface area contributed by atoms with E-state index in [1.165, 1.54) is 12.1 Å². The van der Waals surface area contributed by atoms with Crippen LogP contribution in [-0.4, -0.2) is 46.1 Å². The second-order valence-electron chi connectivity index (χ2n) is 8.43. The van der Waals surface area contributed by atoms with E-state index in [2.05, 4.69) is 15.5 Å². The second kappa shape index (κ2) is 8.57. The Morgan fingerprint density at radius 3 is 2.79 bits per heavy atom. The van der Waals surface area contributed by atoms with Crippen molar-refractivity contribution in [2.24, 2.45) is 5.73 Å². The number of rotatable bonds is 5. The molecular formula is C24H24FN5O3. The van der Waals surface area contributed by atoms with Crippen LogP contribution in [0.15, 0.2) is 53.2 Å². The van der Waals surface area contributed by atoms with Gasteiger partial charge in [0.25, 0.3) is 0 Å². The van der Waals surface area contributed by atoms with Crippen molar-refractivity contribution in [3.05, 3.63) is 65.7 Å². The van der Waals surface area contributed by atoms with Gasteiger partial charge in [0.15, 0.2) is 5.58 Å². The zero-order valence-electron chi connectivity index (χ0n) is 17.9. The highest BCUT2D eigenvalue weighted by Gasteiger charge is 2.31. The molecule has 0 aliphatic carbocycles. The van der Waals surface area contributed by atoms with Gasteiger partial charge in [0.1, 0.15) is 11.9 Å². The van der Waals surface area contributed by atoms with Gasteiger partial charge in [0, 0.05) is 54.0 Å². The minimum atomic E-state index is -0.755. The highest BCUT2D eigenvalue weighted by molar-refractivity contribution is 5.89. The quantitative estimate of drug-likeness (QED) is 0.433. The molecule has 2 aromatic heterocycles. The topological polar surface area (TPSA) is 117 Å². The monoisotopic (exact) mass is 449 g/mol. The number of nitrogens with zero attached hydrogens (tertiary/aromatic N) is 2. The molecule has 8 nitrogen and oxygen atoms in total. The number of hydrogen-bond donors (Lipinski definition) is 3. The molecule has 0 saturated carbocycles. The lowest BCUT2D eigenvalue weighted by molar-refractivity contribution is -0.134. The Labute approximate surface area is 188 Å². The summed E-state index contributed by atoms with van der Waals surface area (Å²) in [4.78, 5) is 29.9. The number of piperidine rings is 1. The van der Waals surface area contributed by atoms with E-state index >= 15 is 0 Å². The normalized spacial score (nSPS) is 15.7. The third kappa shape index (κ3) is 4.13. The summed E-state index contributed by atoms with van der Waals surface area (Å²) in [6, 6.07) is 10.7. The summed E-state index contributed by atoms with van der Waals surface area (Å²) >= 11 is 0. The number of nitrogens with two attached hydrogens (primary N) is 1. The lowest BCUT2D eigenvalue weighted by atomic mass is 9.91. The van der Waals surface area contributed by atoms with Gasteiger partial charge in [0.05, 0.1) is 5.69 Å². The fraction of sp³-hybridized carbons (Fsp3) is 0.292. The minimum Gasteiger partial charge on any atom is -0.361 e. The van der Waals surface area contributed by atoms with E-state index in [4.69, 9.17) is 10.3 Å². The van der Waals surface area contributed by atoms with Gasteiger partial charge in [-0.15, -0.1) is 0 Å². The summed E-state index contributed by atoms with van der Waals surface area (Å²) in [5.74, 6) is -0.421. The van der Waals surface area contributed by atoms with Crippen LogP contribution in [0.3, 0.4) is 0 Å². The third-order valence-electron chi connectivity index (χ3n) is 6.37. The number of primary amides is 1. The summed E-state index contributed by atoms with van der Waals surface area (Å²) in [6.07, 6.45) is 3.59. The first-order chi connectivity index (χ1) is 16.0. The molecule has 3 heterocycles. The Kier molecular flexibility index (Phi) is 5.45. The molecule has 1 fully saturated rings. The maximum Gasteiger partial charge on any atom is 0.312 e. The van der Waals surface area contributed by atoms with Crippen molar-refractivity contribution >= 4 is 33.8 Å². The smallest absolute Gasteiger partial charge is 0.312 e. The average molecular weight is 449 g/mol. The van der Waals surface area contributed by atoms with Gasteiger partial charge in [-0.2, -0.15) is 0 Å². The van der Waals surface area contributed by atoms with Gasteiger partial charge in [-0.1, -0.05) is 23.4 Å². The number of carbonyl (C=O) groups excluding carboxylic acids is 2. The number of para-hydroxylation sites is 1. The van der Waals surface area contributed by atoms with Crippen LogP contribution in [0.1, 0.15) is 30.0 Å². The van der Waals surface area contributed by atoms with Crippen molar-refractivity contribution in [2.45, 2.75) is 31.2 Å². The van der Waals surface area contributed by atoms with Crippen LogP contribution < -0.4 is 11.1 Å². The first kappa shape index (κ1) is 21.0. The highest BCUT2D eigenvalue weighted by atomic mass is 19.1. The Morgan fingerprint density at radius 2 is 2.00 bits per heavy atom. The van der Waals surface area contributed by atoms with Crippen LogP contribution >= 0.6 is 0 Å². The predicted molar refractivity (Wildman–Crippen MR) is 121 cm³/mol. The first-order valence-corrected chi connectivity index (χ1v) is 10.9.